The molecule has 0 radical (unpaired) electrons. The van der Waals surface area contributed by atoms with Crippen molar-refractivity contribution in [2.45, 2.75) is 11.3 Å². The maximum Gasteiger partial charge on any atom is 0.307 e. The van der Waals surface area contributed by atoms with Crippen molar-refractivity contribution in [2.75, 3.05) is 12.4 Å². The average molecular weight is 314 g/mol. The standard InChI is InChI=1S/C12H14N2O6S/c1-20-10-3-2-6(21(13,18)19)4-9(10)14-11(15)7-5-8(7)12(16)17/h2-4,7-8H,5H2,1H3,(H,14,15)(H,16,17)(H2,13,18,19). The minimum absolute atomic E-state index is 0.130. The smallest absolute Gasteiger partial charge is 0.307 e. The fourth-order valence-electron chi connectivity index (χ4n) is 1.94. The number of hydrogen-bond donors (Lipinski definition) is 3. The third-order valence-electron chi connectivity index (χ3n) is 3.20. The highest BCUT2D eigenvalue weighted by Gasteiger charge is 2.48. The summed E-state index contributed by atoms with van der Waals surface area (Å²) < 4.78 is 27.6. The summed E-state index contributed by atoms with van der Waals surface area (Å²) in [6, 6.07) is 3.78. The molecule has 2 atom stereocenters. The summed E-state index contributed by atoms with van der Waals surface area (Å²) in [6.45, 7) is 0. The van der Waals surface area contributed by atoms with Crippen LogP contribution >= 0.6 is 0 Å². The van der Waals surface area contributed by atoms with Gasteiger partial charge in [-0.05, 0) is 24.6 Å². The van der Waals surface area contributed by atoms with Crippen LogP contribution < -0.4 is 15.2 Å². The minimum atomic E-state index is -3.92. The summed E-state index contributed by atoms with van der Waals surface area (Å²) >= 11 is 0. The van der Waals surface area contributed by atoms with Gasteiger partial charge in [0.15, 0.2) is 0 Å². The van der Waals surface area contributed by atoms with Crippen LogP contribution in [0, 0.1) is 11.8 Å². The van der Waals surface area contributed by atoms with Crippen LogP contribution in [0.2, 0.25) is 0 Å². The number of hydrogen-bond acceptors (Lipinski definition) is 5. The second-order valence-corrected chi connectivity index (χ2v) is 6.24. The molecule has 21 heavy (non-hydrogen) atoms. The van der Waals surface area contributed by atoms with Crippen LogP contribution in [-0.4, -0.2) is 32.5 Å². The van der Waals surface area contributed by atoms with Crippen molar-refractivity contribution < 1.29 is 27.9 Å². The van der Waals surface area contributed by atoms with Crippen LogP contribution in [0.1, 0.15) is 6.42 Å². The van der Waals surface area contributed by atoms with Crippen LogP contribution in [0.3, 0.4) is 0 Å². The quantitative estimate of drug-likeness (QED) is 0.700. The first-order valence-corrected chi connectivity index (χ1v) is 7.53. The maximum absolute atomic E-state index is 11.9. The van der Waals surface area contributed by atoms with Gasteiger partial charge in [0, 0.05) is 0 Å². The third-order valence-corrected chi connectivity index (χ3v) is 4.11. The number of nitrogens with one attached hydrogen (secondary N) is 1. The molecule has 1 amide bonds. The zero-order chi connectivity index (χ0) is 15.8. The van der Waals surface area contributed by atoms with E-state index in [0.29, 0.717) is 0 Å². The number of carboxylic acid groups (broad SMARTS) is 1. The number of carbonyl (C=O) groups excluding carboxylic acids is 1. The molecule has 1 fully saturated rings. The molecule has 1 aromatic carbocycles. The Labute approximate surface area is 120 Å². The van der Waals surface area contributed by atoms with E-state index < -0.39 is 33.7 Å². The van der Waals surface area contributed by atoms with Crippen molar-refractivity contribution in [3.05, 3.63) is 18.2 Å². The van der Waals surface area contributed by atoms with Crippen LogP contribution in [0.15, 0.2) is 23.1 Å². The van der Waals surface area contributed by atoms with Gasteiger partial charge in [-0.15, -0.1) is 0 Å². The molecule has 1 aliphatic rings. The van der Waals surface area contributed by atoms with E-state index in [0.717, 1.165) is 0 Å². The van der Waals surface area contributed by atoms with Crippen LogP contribution in [0.4, 0.5) is 5.69 Å². The fraction of sp³-hybridized carbons (Fsp3) is 0.333. The number of benzene rings is 1. The number of methoxy groups -OCH3 is 1. The van der Waals surface area contributed by atoms with Crippen molar-refractivity contribution in [3.8, 4) is 5.75 Å². The highest BCUT2D eigenvalue weighted by atomic mass is 32.2. The molecule has 0 heterocycles. The van der Waals surface area contributed by atoms with E-state index in [-0.39, 0.29) is 22.8 Å². The third kappa shape index (κ3) is 3.31. The number of ether oxygens (including phenoxy) is 1. The van der Waals surface area contributed by atoms with E-state index in [2.05, 4.69) is 5.32 Å². The number of primary sulfonamides is 1. The number of amides is 1. The molecule has 1 saturated carbocycles. The largest absolute Gasteiger partial charge is 0.495 e. The van der Waals surface area contributed by atoms with Gasteiger partial charge in [0.05, 0.1) is 29.5 Å². The van der Waals surface area contributed by atoms with Gasteiger partial charge < -0.3 is 15.2 Å². The van der Waals surface area contributed by atoms with Crippen molar-refractivity contribution in [3.63, 3.8) is 0 Å². The molecular formula is C12H14N2O6S. The number of rotatable bonds is 5. The molecule has 1 aromatic rings. The van der Waals surface area contributed by atoms with Crippen molar-refractivity contribution in [1.82, 2.24) is 0 Å². The summed E-state index contributed by atoms with van der Waals surface area (Å²) in [6.07, 6.45) is 0.262. The van der Waals surface area contributed by atoms with E-state index in [4.69, 9.17) is 15.0 Å². The Bertz CT molecular complexity index is 700. The summed E-state index contributed by atoms with van der Waals surface area (Å²) in [4.78, 5) is 22.5. The van der Waals surface area contributed by atoms with Crippen molar-refractivity contribution in [1.29, 1.82) is 0 Å². The van der Waals surface area contributed by atoms with Gasteiger partial charge in [0.2, 0.25) is 15.9 Å². The fourth-order valence-corrected chi connectivity index (χ4v) is 2.48. The molecule has 4 N–H and O–H groups in total. The van der Waals surface area contributed by atoms with E-state index in [9.17, 15) is 18.0 Å². The molecule has 0 saturated heterocycles. The zero-order valence-electron chi connectivity index (χ0n) is 11.1. The van der Waals surface area contributed by atoms with E-state index in [1.807, 2.05) is 0 Å². The Balaban J connectivity index is 2.22. The molecule has 2 unspecified atom stereocenters. The second kappa shape index (κ2) is 5.34. The maximum atomic E-state index is 11.9. The van der Waals surface area contributed by atoms with E-state index in [1.165, 1.54) is 25.3 Å². The highest BCUT2D eigenvalue weighted by molar-refractivity contribution is 7.89. The summed E-state index contributed by atoms with van der Waals surface area (Å²) in [5.41, 5.74) is 0.130. The van der Waals surface area contributed by atoms with Gasteiger partial charge in [-0.1, -0.05) is 0 Å². The number of anilines is 1. The molecular weight excluding hydrogens is 300 g/mol. The predicted molar refractivity (Wildman–Crippen MR) is 72.2 cm³/mol. The summed E-state index contributed by atoms with van der Waals surface area (Å²) in [5, 5.41) is 16.3. The van der Waals surface area contributed by atoms with Crippen LogP contribution in [0.5, 0.6) is 5.75 Å². The second-order valence-electron chi connectivity index (χ2n) is 4.68. The van der Waals surface area contributed by atoms with Crippen molar-refractivity contribution >= 4 is 27.6 Å². The lowest BCUT2D eigenvalue weighted by Gasteiger charge is -2.11. The van der Waals surface area contributed by atoms with E-state index >= 15 is 0 Å². The first kappa shape index (κ1) is 15.3. The molecule has 0 spiro atoms. The normalized spacial score (nSPS) is 20.7. The molecule has 1 aliphatic carbocycles. The molecule has 0 aliphatic heterocycles. The zero-order valence-corrected chi connectivity index (χ0v) is 11.9. The molecule has 114 valence electrons. The van der Waals surface area contributed by atoms with Gasteiger partial charge in [-0.3, -0.25) is 9.59 Å². The lowest BCUT2D eigenvalue weighted by atomic mass is 10.2. The molecule has 9 heteroatoms. The lowest BCUT2D eigenvalue weighted by molar-refractivity contribution is -0.139. The number of nitrogens with two attached hydrogens (primary N) is 1. The van der Waals surface area contributed by atoms with Gasteiger partial charge in [-0.2, -0.15) is 0 Å². The number of sulfonamides is 1. The number of carbonyl (C=O) groups is 2. The highest BCUT2D eigenvalue weighted by Crippen LogP contribution is 2.40. The molecule has 8 nitrogen and oxygen atoms in total. The van der Waals surface area contributed by atoms with E-state index in [1.54, 1.807) is 0 Å². The van der Waals surface area contributed by atoms with Crippen molar-refractivity contribution in [2.24, 2.45) is 17.0 Å². The van der Waals surface area contributed by atoms with Crippen LogP contribution in [-0.2, 0) is 19.6 Å². The molecule has 0 bridgehead atoms. The number of aliphatic carboxylic acids is 1. The first-order chi connectivity index (χ1) is 9.74. The Hall–Kier alpha value is -2.13. The SMILES string of the molecule is COc1ccc(S(N)(=O)=O)cc1NC(=O)C1CC1C(=O)O. The molecule has 0 aromatic heterocycles. The van der Waals surface area contributed by atoms with Gasteiger partial charge in [0.1, 0.15) is 5.75 Å². The lowest BCUT2D eigenvalue weighted by Crippen LogP contribution is -2.18. The first-order valence-electron chi connectivity index (χ1n) is 5.98. The Morgan fingerprint density at radius 2 is 2.05 bits per heavy atom. The average Bonchev–Trinajstić information content (AvgIpc) is 3.17. The minimum Gasteiger partial charge on any atom is -0.495 e. The Kier molecular flexibility index (Phi) is 3.88. The van der Waals surface area contributed by atoms with Gasteiger partial charge in [0.25, 0.3) is 0 Å². The van der Waals surface area contributed by atoms with Gasteiger partial charge >= 0.3 is 5.97 Å². The number of carboxylic acids is 1. The summed E-state index contributed by atoms with van der Waals surface area (Å²) in [5.74, 6) is -2.58. The monoisotopic (exact) mass is 314 g/mol. The predicted octanol–water partition coefficient (Wildman–Crippen LogP) is 0.00180. The van der Waals surface area contributed by atoms with Crippen LogP contribution in [0.25, 0.3) is 0 Å². The summed E-state index contributed by atoms with van der Waals surface area (Å²) in [7, 11) is -2.56. The molecule has 2 rings (SSSR count). The van der Waals surface area contributed by atoms with Gasteiger partial charge in [-0.25, -0.2) is 13.6 Å². The Morgan fingerprint density at radius 1 is 1.38 bits per heavy atom. The topological polar surface area (TPSA) is 136 Å². The Morgan fingerprint density at radius 3 is 2.52 bits per heavy atom.